The highest BCUT2D eigenvalue weighted by Crippen LogP contribution is 2.31. The Morgan fingerprint density at radius 2 is 2.04 bits per heavy atom. The van der Waals surface area contributed by atoms with Gasteiger partial charge >= 0.3 is 6.03 Å². The van der Waals surface area contributed by atoms with Gasteiger partial charge in [-0.1, -0.05) is 35.9 Å². The lowest BCUT2D eigenvalue weighted by atomic mass is 9.87. The van der Waals surface area contributed by atoms with Gasteiger partial charge in [-0.2, -0.15) is 0 Å². The van der Waals surface area contributed by atoms with Gasteiger partial charge in [-0.05, 0) is 43.7 Å². The van der Waals surface area contributed by atoms with Gasteiger partial charge in [0.05, 0.1) is 18.3 Å². The number of hydrogen-bond donors (Lipinski definition) is 2. The topological polar surface area (TPSA) is 79.8 Å². The fourth-order valence-corrected chi connectivity index (χ4v) is 3.30. The monoisotopic (exact) mass is 385 g/mol. The first-order chi connectivity index (χ1) is 13.0. The highest BCUT2D eigenvalue weighted by atomic mass is 35.5. The van der Waals surface area contributed by atoms with E-state index in [-0.39, 0.29) is 5.91 Å². The average molecular weight is 386 g/mol. The molecule has 0 radical (unpaired) electrons. The number of urea groups is 1. The summed E-state index contributed by atoms with van der Waals surface area (Å²) in [5.74, 6) is -0.369. The Morgan fingerprint density at radius 3 is 2.78 bits per heavy atom. The second-order valence-corrected chi connectivity index (χ2v) is 6.57. The Balaban J connectivity index is 1.92. The van der Waals surface area contributed by atoms with Gasteiger partial charge < -0.3 is 15.4 Å². The minimum Gasteiger partial charge on any atom is -0.492 e. The molecular formula is C20H20ClN3O3. The number of para-hydroxylation sites is 2. The first kappa shape index (κ1) is 18.9. The Hall–Kier alpha value is -2.86. The highest BCUT2D eigenvalue weighted by Gasteiger charge is 2.37. The first-order valence-corrected chi connectivity index (χ1v) is 9.01. The third-order valence-corrected chi connectivity index (χ3v) is 4.51. The van der Waals surface area contributed by atoms with Crippen LogP contribution in [0.5, 0.6) is 5.75 Å². The maximum absolute atomic E-state index is 13.1. The molecule has 0 saturated carbocycles. The summed E-state index contributed by atoms with van der Waals surface area (Å²) in [5, 5.41) is 6.20. The van der Waals surface area contributed by atoms with E-state index >= 15 is 0 Å². The number of amides is 3. The lowest BCUT2D eigenvalue weighted by Crippen LogP contribution is -2.45. The number of anilines is 1. The van der Waals surface area contributed by atoms with Crippen LogP contribution < -0.4 is 15.4 Å². The SMILES string of the molecule is CCOc1ccccc1NC(=O)C1C(C)=NC(=O)NC1c1cccc(Cl)c1. The van der Waals surface area contributed by atoms with Crippen molar-refractivity contribution in [3.8, 4) is 5.75 Å². The van der Waals surface area contributed by atoms with Gasteiger partial charge in [0.15, 0.2) is 0 Å². The van der Waals surface area contributed by atoms with Crippen molar-refractivity contribution in [2.24, 2.45) is 10.9 Å². The van der Waals surface area contributed by atoms with E-state index in [4.69, 9.17) is 16.3 Å². The number of ether oxygens (including phenoxy) is 1. The van der Waals surface area contributed by atoms with Crippen LogP contribution in [0.15, 0.2) is 53.5 Å². The zero-order valence-electron chi connectivity index (χ0n) is 15.0. The molecule has 27 heavy (non-hydrogen) atoms. The van der Waals surface area contributed by atoms with Crippen LogP contribution in [0.4, 0.5) is 10.5 Å². The van der Waals surface area contributed by atoms with Crippen molar-refractivity contribution in [2.75, 3.05) is 11.9 Å². The molecule has 6 nitrogen and oxygen atoms in total. The summed E-state index contributed by atoms with van der Waals surface area (Å²) < 4.78 is 5.56. The van der Waals surface area contributed by atoms with Crippen LogP contribution in [-0.4, -0.2) is 24.3 Å². The van der Waals surface area contributed by atoms with Crippen LogP contribution in [0.3, 0.4) is 0 Å². The molecule has 1 aliphatic heterocycles. The van der Waals surface area contributed by atoms with Gasteiger partial charge in [0, 0.05) is 10.7 Å². The Labute approximate surface area is 162 Å². The molecule has 0 spiro atoms. The van der Waals surface area contributed by atoms with Crippen molar-refractivity contribution >= 4 is 34.9 Å². The van der Waals surface area contributed by atoms with E-state index in [1.807, 2.05) is 25.1 Å². The minimum absolute atomic E-state index is 0.284. The van der Waals surface area contributed by atoms with Gasteiger partial charge in [-0.15, -0.1) is 0 Å². The molecule has 0 fully saturated rings. The van der Waals surface area contributed by atoms with Crippen LogP contribution in [0, 0.1) is 5.92 Å². The molecule has 2 aromatic carbocycles. The largest absolute Gasteiger partial charge is 0.492 e. The van der Waals surface area contributed by atoms with Gasteiger partial charge in [-0.3, -0.25) is 4.79 Å². The van der Waals surface area contributed by atoms with Crippen molar-refractivity contribution in [3.05, 3.63) is 59.1 Å². The van der Waals surface area contributed by atoms with Crippen molar-refractivity contribution in [1.29, 1.82) is 0 Å². The number of aliphatic imine (C=N–C) groups is 1. The summed E-state index contributed by atoms with van der Waals surface area (Å²) in [6.07, 6.45) is 0. The van der Waals surface area contributed by atoms with Crippen molar-refractivity contribution < 1.29 is 14.3 Å². The molecule has 2 unspecified atom stereocenters. The van der Waals surface area contributed by atoms with Crippen LogP contribution in [0.2, 0.25) is 5.02 Å². The van der Waals surface area contributed by atoms with Crippen molar-refractivity contribution in [3.63, 3.8) is 0 Å². The maximum atomic E-state index is 13.1. The van der Waals surface area contributed by atoms with E-state index in [1.54, 1.807) is 37.3 Å². The summed E-state index contributed by atoms with van der Waals surface area (Å²) in [6.45, 7) is 4.04. The standard InChI is InChI=1S/C20H20ClN3O3/c1-3-27-16-10-5-4-9-15(16)23-19(25)17-12(2)22-20(26)24-18(17)13-7-6-8-14(21)11-13/h4-11,17-18H,3H2,1-2H3,(H,23,25)(H,24,26). The van der Waals surface area contributed by atoms with Gasteiger partial charge in [0.25, 0.3) is 0 Å². The summed E-state index contributed by atoms with van der Waals surface area (Å²) in [4.78, 5) is 28.9. The molecule has 140 valence electrons. The molecule has 0 saturated heterocycles. The van der Waals surface area contributed by atoms with Crippen LogP contribution in [-0.2, 0) is 4.79 Å². The number of rotatable bonds is 5. The summed E-state index contributed by atoms with van der Waals surface area (Å²) >= 11 is 6.09. The van der Waals surface area contributed by atoms with Crippen molar-refractivity contribution in [1.82, 2.24) is 5.32 Å². The highest BCUT2D eigenvalue weighted by molar-refractivity contribution is 6.30. The molecule has 0 aliphatic carbocycles. The number of carbonyl (C=O) groups is 2. The van der Waals surface area contributed by atoms with E-state index in [0.29, 0.717) is 28.8 Å². The third-order valence-electron chi connectivity index (χ3n) is 4.28. The zero-order valence-corrected chi connectivity index (χ0v) is 15.8. The first-order valence-electron chi connectivity index (χ1n) is 8.63. The second kappa shape index (κ2) is 8.22. The number of nitrogens with zero attached hydrogens (tertiary/aromatic N) is 1. The predicted molar refractivity (Wildman–Crippen MR) is 106 cm³/mol. The number of benzene rings is 2. The lowest BCUT2D eigenvalue weighted by molar-refractivity contribution is -0.118. The molecule has 3 amide bonds. The summed E-state index contributed by atoms with van der Waals surface area (Å²) in [7, 11) is 0. The number of halogens is 1. The van der Waals surface area contributed by atoms with Crippen LogP contribution in [0.25, 0.3) is 0 Å². The predicted octanol–water partition coefficient (Wildman–Crippen LogP) is 4.22. The van der Waals surface area contributed by atoms with Gasteiger partial charge in [0.2, 0.25) is 5.91 Å². The minimum atomic E-state index is -0.671. The van der Waals surface area contributed by atoms with Crippen molar-refractivity contribution in [2.45, 2.75) is 19.9 Å². The number of hydrogen-bond acceptors (Lipinski definition) is 3. The smallest absolute Gasteiger partial charge is 0.341 e. The molecule has 0 bridgehead atoms. The quantitative estimate of drug-likeness (QED) is 0.808. The molecule has 0 aromatic heterocycles. The normalized spacial score (nSPS) is 19.1. The zero-order chi connectivity index (χ0) is 19.4. The Kier molecular flexibility index (Phi) is 5.76. The average Bonchev–Trinajstić information content (AvgIpc) is 2.63. The summed E-state index contributed by atoms with van der Waals surface area (Å²) in [5.41, 5.74) is 1.75. The maximum Gasteiger partial charge on any atom is 0.341 e. The second-order valence-electron chi connectivity index (χ2n) is 6.13. The summed E-state index contributed by atoms with van der Waals surface area (Å²) in [6, 6.07) is 13.3. The fourth-order valence-electron chi connectivity index (χ4n) is 3.10. The van der Waals surface area contributed by atoms with E-state index in [0.717, 1.165) is 5.56 Å². The molecule has 7 heteroatoms. The molecule has 3 rings (SSSR count). The lowest BCUT2D eigenvalue weighted by Gasteiger charge is -2.30. The fraction of sp³-hybridized carbons (Fsp3) is 0.250. The molecule has 2 N–H and O–H groups in total. The Bertz CT molecular complexity index is 898. The molecule has 1 aliphatic rings. The van der Waals surface area contributed by atoms with Gasteiger partial charge in [-0.25, -0.2) is 9.79 Å². The molecular weight excluding hydrogens is 366 g/mol. The van der Waals surface area contributed by atoms with Crippen LogP contribution >= 0.6 is 11.6 Å². The third kappa shape index (κ3) is 4.28. The molecule has 2 aromatic rings. The van der Waals surface area contributed by atoms with E-state index in [9.17, 15) is 9.59 Å². The molecule has 1 heterocycles. The number of carbonyl (C=O) groups excluding carboxylic acids is 2. The van der Waals surface area contributed by atoms with Crippen LogP contribution in [0.1, 0.15) is 25.5 Å². The number of nitrogens with one attached hydrogen (secondary N) is 2. The molecule has 2 atom stereocenters. The van der Waals surface area contributed by atoms with E-state index in [2.05, 4.69) is 15.6 Å². The Morgan fingerprint density at radius 1 is 1.26 bits per heavy atom. The van der Waals surface area contributed by atoms with E-state index < -0.39 is 18.0 Å². The van der Waals surface area contributed by atoms with E-state index in [1.165, 1.54) is 0 Å². The van der Waals surface area contributed by atoms with Gasteiger partial charge in [0.1, 0.15) is 11.7 Å².